The SMILES string of the molecule is CCn1c(=O)n(CC(=O)N2CCNC(=O)C2(C)C)c2cccnc21. The lowest BCUT2D eigenvalue weighted by molar-refractivity contribution is -0.149. The fourth-order valence-electron chi connectivity index (χ4n) is 3.14. The molecule has 1 N–H and O–H groups in total. The zero-order chi connectivity index (χ0) is 17.5. The first-order chi connectivity index (χ1) is 11.4. The van der Waals surface area contributed by atoms with Crippen molar-refractivity contribution in [3.63, 3.8) is 0 Å². The zero-order valence-corrected chi connectivity index (χ0v) is 14.1. The molecule has 8 heteroatoms. The Balaban J connectivity index is 1.98. The molecule has 0 atom stereocenters. The highest BCUT2D eigenvalue weighted by Gasteiger charge is 2.40. The summed E-state index contributed by atoms with van der Waals surface area (Å²) in [5, 5.41) is 2.76. The number of piperazine rings is 1. The maximum atomic E-state index is 12.8. The predicted molar refractivity (Wildman–Crippen MR) is 88.5 cm³/mol. The summed E-state index contributed by atoms with van der Waals surface area (Å²) in [5.74, 6) is -0.442. The smallest absolute Gasteiger partial charge is 0.330 e. The number of nitrogens with zero attached hydrogens (tertiary/aromatic N) is 4. The fraction of sp³-hybridized carbons (Fsp3) is 0.500. The quantitative estimate of drug-likeness (QED) is 0.854. The molecule has 0 saturated carbocycles. The summed E-state index contributed by atoms with van der Waals surface area (Å²) >= 11 is 0. The van der Waals surface area contributed by atoms with E-state index in [-0.39, 0.29) is 24.0 Å². The van der Waals surface area contributed by atoms with Crippen molar-refractivity contribution in [3.05, 3.63) is 28.8 Å². The van der Waals surface area contributed by atoms with Gasteiger partial charge in [-0.25, -0.2) is 9.78 Å². The van der Waals surface area contributed by atoms with Crippen molar-refractivity contribution in [3.8, 4) is 0 Å². The Labute approximate surface area is 139 Å². The number of hydrogen-bond acceptors (Lipinski definition) is 4. The topological polar surface area (TPSA) is 89.2 Å². The lowest BCUT2D eigenvalue weighted by atomic mass is 9.99. The molecule has 0 aliphatic carbocycles. The molecule has 2 aromatic rings. The van der Waals surface area contributed by atoms with E-state index in [9.17, 15) is 14.4 Å². The van der Waals surface area contributed by atoms with Gasteiger partial charge in [-0.3, -0.25) is 18.7 Å². The molecule has 1 fully saturated rings. The lowest BCUT2D eigenvalue weighted by Gasteiger charge is -2.41. The molecule has 128 valence electrons. The van der Waals surface area contributed by atoms with Gasteiger partial charge in [0.25, 0.3) is 0 Å². The molecule has 0 spiro atoms. The number of carbonyl (C=O) groups excluding carboxylic acids is 2. The third kappa shape index (κ3) is 2.38. The predicted octanol–water partition coefficient (Wildman–Crippen LogP) is -0.0451. The first kappa shape index (κ1) is 16.2. The highest BCUT2D eigenvalue weighted by atomic mass is 16.2. The van der Waals surface area contributed by atoms with E-state index in [1.165, 1.54) is 14.0 Å². The third-order valence-electron chi connectivity index (χ3n) is 4.54. The van der Waals surface area contributed by atoms with Gasteiger partial charge in [0.2, 0.25) is 11.8 Å². The molecule has 1 aliphatic rings. The second kappa shape index (κ2) is 5.77. The van der Waals surface area contributed by atoms with Crippen LogP contribution in [0.5, 0.6) is 0 Å². The van der Waals surface area contributed by atoms with Crippen molar-refractivity contribution in [2.45, 2.75) is 39.4 Å². The Morgan fingerprint density at radius 1 is 1.33 bits per heavy atom. The minimum Gasteiger partial charge on any atom is -0.352 e. The molecule has 3 heterocycles. The van der Waals surface area contributed by atoms with Gasteiger partial charge >= 0.3 is 5.69 Å². The Bertz CT molecular complexity index is 864. The Morgan fingerprint density at radius 3 is 2.79 bits per heavy atom. The first-order valence-electron chi connectivity index (χ1n) is 8.00. The number of aromatic nitrogens is 3. The molecule has 2 aromatic heterocycles. The number of fused-ring (bicyclic) bond motifs is 1. The number of pyridine rings is 1. The van der Waals surface area contributed by atoms with E-state index < -0.39 is 5.54 Å². The van der Waals surface area contributed by atoms with Crippen LogP contribution in [0.2, 0.25) is 0 Å². The molecule has 0 bridgehead atoms. The number of imidazole rings is 1. The normalized spacial score (nSPS) is 17.1. The molecule has 8 nitrogen and oxygen atoms in total. The summed E-state index contributed by atoms with van der Waals surface area (Å²) in [7, 11) is 0. The van der Waals surface area contributed by atoms with Gasteiger partial charge in [0.15, 0.2) is 5.65 Å². The largest absolute Gasteiger partial charge is 0.352 e. The van der Waals surface area contributed by atoms with E-state index in [2.05, 4.69) is 10.3 Å². The van der Waals surface area contributed by atoms with Crippen LogP contribution < -0.4 is 11.0 Å². The fourth-order valence-corrected chi connectivity index (χ4v) is 3.14. The van der Waals surface area contributed by atoms with Crippen LogP contribution >= 0.6 is 0 Å². The molecule has 3 rings (SSSR count). The molecule has 2 amide bonds. The van der Waals surface area contributed by atoms with Gasteiger partial charge < -0.3 is 10.2 Å². The summed E-state index contributed by atoms with van der Waals surface area (Å²) in [6, 6.07) is 3.51. The number of amides is 2. The Morgan fingerprint density at radius 2 is 2.08 bits per heavy atom. The Hall–Kier alpha value is -2.64. The van der Waals surface area contributed by atoms with Crippen LogP contribution in [0.3, 0.4) is 0 Å². The summed E-state index contributed by atoms with van der Waals surface area (Å²) in [6.07, 6.45) is 1.62. The van der Waals surface area contributed by atoms with Crippen LogP contribution in [0.4, 0.5) is 0 Å². The van der Waals surface area contributed by atoms with Gasteiger partial charge in [0.1, 0.15) is 12.1 Å². The van der Waals surface area contributed by atoms with E-state index in [4.69, 9.17) is 0 Å². The van der Waals surface area contributed by atoms with Crippen LogP contribution in [0.1, 0.15) is 20.8 Å². The molecule has 0 radical (unpaired) electrons. The van der Waals surface area contributed by atoms with Crippen molar-refractivity contribution >= 4 is 23.0 Å². The third-order valence-corrected chi connectivity index (χ3v) is 4.54. The summed E-state index contributed by atoms with van der Waals surface area (Å²) in [5.41, 5.74) is -0.00966. The molecular formula is C16H21N5O3. The number of nitrogens with one attached hydrogen (secondary N) is 1. The van der Waals surface area contributed by atoms with Crippen LogP contribution in [-0.2, 0) is 22.7 Å². The summed E-state index contributed by atoms with van der Waals surface area (Å²) in [4.78, 5) is 43.2. The molecule has 1 saturated heterocycles. The second-order valence-corrected chi connectivity index (χ2v) is 6.32. The van der Waals surface area contributed by atoms with Crippen molar-refractivity contribution in [2.75, 3.05) is 13.1 Å². The molecule has 0 unspecified atom stereocenters. The minimum absolute atomic E-state index is 0.106. The van der Waals surface area contributed by atoms with E-state index in [0.717, 1.165) is 0 Å². The molecule has 1 aliphatic heterocycles. The number of aryl methyl sites for hydroxylation is 1. The summed E-state index contributed by atoms with van der Waals surface area (Å²) < 4.78 is 2.97. The highest BCUT2D eigenvalue weighted by molar-refractivity contribution is 5.92. The lowest BCUT2D eigenvalue weighted by Crippen LogP contribution is -2.64. The molecule has 0 aromatic carbocycles. The van der Waals surface area contributed by atoms with E-state index in [1.54, 1.807) is 32.2 Å². The number of rotatable bonds is 3. The van der Waals surface area contributed by atoms with Gasteiger partial charge in [0.05, 0.1) is 5.52 Å². The van der Waals surface area contributed by atoms with Crippen molar-refractivity contribution in [1.82, 2.24) is 24.3 Å². The maximum absolute atomic E-state index is 12.8. The van der Waals surface area contributed by atoms with Gasteiger partial charge in [0, 0.05) is 25.8 Å². The van der Waals surface area contributed by atoms with Gasteiger partial charge in [-0.2, -0.15) is 0 Å². The van der Waals surface area contributed by atoms with Gasteiger partial charge in [-0.05, 0) is 32.9 Å². The number of hydrogen-bond donors (Lipinski definition) is 1. The minimum atomic E-state index is -0.930. The first-order valence-corrected chi connectivity index (χ1v) is 8.00. The van der Waals surface area contributed by atoms with E-state index >= 15 is 0 Å². The van der Waals surface area contributed by atoms with Crippen LogP contribution in [0.15, 0.2) is 23.1 Å². The van der Waals surface area contributed by atoms with E-state index in [1.807, 2.05) is 6.92 Å². The summed E-state index contributed by atoms with van der Waals surface area (Å²) in [6.45, 7) is 6.49. The van der Waals surface area contributed by atoms with Gasteiger partial charge in [-0.1, -0.05) is 0 Å². The van der Waals surface area contributed by atoms with Crippen molar-refractivity contribution in [2.24, 2.45) is 0 Å². The number of carbonyl (C=O) groups is 2. The van der Waals surface area contributed by atoms with Gasteiger partial charge in [-0.15, -0.1) is 0 Å². The average Bonchev–Trinajstić information content (AvgIpc) is 2.81. The van der Waals surface area contributed by atoms with Crippen LogP contribution in [0, 0.1) is 0 Å². The molecular weight excluding hydrogens is 310 g/mol. The van der Waals surface area contributed by atoms with Crippen LogP contribution in [-0.4, -0.2) is 49.5 Å². The maximum Gasteiger partial charge on any atom is 0.330 e. The van der Waals surface area contributed by atoms with Crippen LogP contribution in [0.25, 0.3) is 11.2 Å². The zero-order valence-electron chi connectivity index (χ0n) is 14.1. The van der Waals surface area contributed by atoms with Crippen molar-refractivity contribution < 1.29 is 9.59 Å². The van der Waals surface area contributed by atoms with Crippen molar-refractivity contribution in [1.29, 1.82) is 0 Å². The standard InChI is InChI=1S/C16H21N5O3/c1-4-19-13-11(6-5-7-17-13)20(15(19)24)10-12(22)21-9-8-18-14(23)16(21,2)3/h5-7H,4,8-10H2,1-3H3,(H,18,23). The monoisotopic (exact) mass is 331 g/mol. The Kier molecular flexibility index (Phi) is 3.90. The molecule has 24 heavy (non-hydrogen) atoms. The second-order valence-electron chi connectivity index (χ2n) is 6.32. The van der Waals surface area contributed by atoms with E-state index in [0.29, 0.717) is 30.8 Å². The average molecular weight is 331 g/mol. The highest BCUT2D eigenvalue weighted by Crippen LogP contribution is 2.19.